The van der Waals surface area contributed by atoms with Crippen LogP contribution in [-0.2, 0) is 6.18 Å². The lowest BCUT2D eigenvalue weighted by Crippen LogP contribution is -2.51. The maximum atomic E-state index is 13.2. The molecule has 3 aliphatic heterocycles. The highest BCUT2D eigenvalue weighted by Gasteiger charge is 2.37. The van der Waals surface area contributed by atoms with Gasteiger partial charge in [0.25, 0.3) is 0 Å². The number of nitrogen functional groups attached to an aromatic ring is 1. The average Bonchev–Trinajstić information content (AvgIpc) is 0.810. The van der Waals surface area contributed by atoms with Gasteiger partial charge in [0.15, 0.2) is 0 Å². The molecule has 24 heteroatoms. The van der Waals surface area contributed by atoms with Gasteiger partial charge in [-0.2, -0.15) is 13.2 Å². The number of pyridine rings is 8. The van der Waals surface area contributed by atoms with Crippen molar-refractivity contribution in [1.29, 1.82) is 0 Å². The Morgan fingerprint density at radius 1 is 0.589 bits per heavy atom. The highest BCUT2D eigenvalue weighted by Crippen LogP contribution is 2.35. The van der Waals surface area contributed by atoms with E-state index in [1.807, 2.05) is 94.4 Å². The number of halogens is 3. The quantitative estimate of drug-likeness (QED) is 0.0254. The lowest BCUT2D eigenvalue weighted by molar-refractivity contribution is -0.138. The standard InChI is InChI=1S/C24H22N4O.C23H30N4O.C22H28N4O.C14H13F3N4OS.6H2/c1-3-18-11-12-22(27-23(18)24(29)20-10-7-13-25-17(20)2)28-15-14-26-21(16-28)19-8-5-4-6-9-19;1-5-7-18-9-10-21(27-13-12-25-19(15-27)14-16(2)3)26-22(18)23(28)20-8-6-11-24-17(20)4;1-5-17-8-9-20(26-12-11-24-18(14-26)13-15(2)3)25-21(17)22(27)19-7-6-10-23-16(19)4;15-14(16,17)9-3-4-10(23-7-5-18)21-11(9)12(22)8-2-1-6-20-13(8)19;;;;;;/h1,4-13,21,26H,14-16H2,2H3;5-11,16,19,25H,12-15H2,1-4H3;5-10,15,18,24H,1,11-14H2,2-4H3;1-4,6H,5,7,18H2,(H2,19,20);6*1H/b;7-5+;;;;;;;;/t;19-;18-;;;;;;;/m.00......./s1. The van der Waals surface area contributed by atoms with Crippen molar-refractivity contribution in [2.75, 3.05) is 91.6 Å². The Morgan fingerprint density at radius 3 is 1.52 bits per heavy atom. The third-order valence-corrected chi connectivity index (χ3v) is 19.0. The molecule has 0 aliphatic carbocycles. The molecule has 107 heavy (non-hydrogen) atoms. The van der Waals surface area contributed by atoms with Crippen molar-refractivity contribution >= 4 is 70.3 Å². The first-order valence-corrected chi connectivity index (χ1v) is 36.8. The number of nitrogens with zero attached hydrogens (tertiary/aromatic N) is 11. The van der Waals surface area contributed by atoms with Crippen molar-refractivity contribution in [3.05, 3.63) is 255 Å². The van der Waals surface area contributed by atoms with Gasteiger partial charge in [-0.3, -0.25) is 34.1 Å². The van der Waals surface area contributed by atoms with Crippen LogP contribution < -0.4 is 42.1 Å². The molecule has 12 rings (SSSR count). The van der Waals surface area contributed by atoms with Gasteiger partial charge in [-0.1, -0.05) is 88.8 Å². The second kappa shape index (κ2) is 38.5. The van der Waals surface area contributed by atoms with Crippen molar-refractivity contribution in [3.63, 3.8) is 0 Å². The van der Waals surface area contributed by atoms with Crippen molar-refractivity contribution in [2.45, 2.75) is 97.6 Å². The number of hydrogen-bond donors (Lipinski definition) is 5. The number of rotatable bonds is 21. The van der Waals surface area contributed by atoms with Crippen LogP contribution in [0.5, 0.6) is 0 Å². The second-order valence-electron chi connectivity index (χ2n) is 26.8. The highest BCUT2D eigenvalue weighted by atomic mass is 32.2. The summed E-state index contributed by atoms with van der Waals surface area (Å²) in [4.78, 5) is 93.2. The van der Waals surface area contributed by atoms with E-state index in [2.05, 4.69) is 108 Å². The van der Waals surface area contributed by atoms with Gasteiger partial charge in [-0.05, 0) is 155 Å². The number of carbonyl (C=O) groups excluding carboxylic acids is 4. The normalized spacial score (nSPS) is 15.8. The second-order valence-corrected chi connectivity index (χ2v) is 27.9. The molecule has 0 radical (unpaired) electrons. The van der Waals surface area contributed by atoms with Crippen LogP contribution in [0.2, 0.25) is 0 Å². The fraction of sp³-hybridized carbons (Fsp3) is 0.325. The summed E-state index contributed by atoms with van der Waals surface area (Å²) in [6, 6.07) is 38.6. The topological polar surface area (TPSA) is 269 Å². The molecular formula is C83H105F3N16O4S. The van der Waals surface area contributed by atoms with E-state index in [0.717, 1.165) is 112 Å². The number of thioether (sulfide) groups is 1. The zero-order valence-corrected chi connectivity index (χ0v) is 62.6. The Kier molecular flexibility index (Phi) is 29.0. The SMILES string of the molecule is C#Cc1ccc(N2CCNC(c3ccccc3)C2)nc1C(=O)c1cccnc1C.C/C=C/c1ccc(N2CCN[C@@H](CC(C)C)C2)nc1C(=O)c1cccnc1C.C=Cc1ccc(N2CCN[C@@H](CC(C)C)C2)nc1C(=O)c1cccnc1C.NCCSc1ccc(C(F)(F)F)c(C(=O)c2cccnc2N)n1.[HH].[HH].[HH].[HH].[HH].[HH]. The molecule has 11 heterocycles. The summed E-state index contributed by atoms with van der Waals surface area (Å²) >= 11 is 1.17. The number of alkyl halides is 3. The number of piperazine rings is 3. The molecule has 0 spiro atoms. The van der Waals surface area contributed by atoms with Crippen LogP contribution in [-0.4, -0.2) is 146 Å². The van der Waals surface area contributed by atoms with Gasteiger partial charge in [0.05, 0.1) is 21.7 Å². The van der Waals surface area contributed by atoms with Crippen LogP contribution in [0.25, 0.3) is 12.2 Å². The lowest BCUT2D eigenvalue weighted by Gasteiger charge is -2.35. The van der Waals surface area contributed by atoms with E-state index in [-0.39, 0.29) is 48.4 Å². The molecular weight excluding hydrogens is 1370 g/mol. The third kappa shape index (κ3) is 21.5. The minimum Gasteiger partial charge on any atom is -0.383 e. The molecule has 0 bridgehead atoms. The Hall–Kier alpha value is -10.7. The van der Waals surface area contributed by atoms with E-state index < -0.39 is 23.2 Å². The zero-order valence-electron chi connectivity index (χ0n) is 61.8. The molecule has 20 nitrogen and oxygen atoms in total. The first-order valence-electron chi connectivity index (χ1n) is 35.8. The predicted octanol–water partition coefficient (Wildman–Crippen LogP) is 14.3. The summed E-state index contributed by atoms with van der Waals surface area (Å²) in [5, 5.41) is 11.0. The van der Waals surface area contributed by atoms with Gasteiger partial charge in [-0.25, -0.2) is 24.9 Å². The molecule has 1 unspecified atom stereocenters. The predicted molar refractivity (Wildman–Crippen MR) is 433 cm³/mol. The van der Waals surface area contributed by atoms with Crippen molar-refractivity contribution in [3.8, 4) is 12.3 Å². The number of terminal acetylenes is 1. The van der Waals surface area contributed by atoms with Gasteiger partial charge in [-0.15, -0.1) is 18.2 Å². The number of allylic oxidation sites excluding steroid dienone is 1. The summed E-state index contributed by atoms with van der Waals surface area (Å²) < 4.78 is 39.4. The maximum Gasteiger partial charge on any atom is 0.418 e. The van der Waals surface area contributed by atoms with Gasteiger partial charge in [0, 0.05) is 168 Å². The molecule has 7 N–H and O–H groups in total. The number of nitrogens with two attached hydrogens (primary N) is 2. The molecule has 3 fully saturated rings. The summed E-state index contributed by atoms with van der Waals surface area (Å²) in [5.41, 5.74) is 17.4. The minimum absolute atomic E-state index is 0. The van der Waals surface area contributed by atoms with Crippen molar-refractivity contribution in [1.82, 2.24) is 55.8 Å². The number of ketones is 4. The van der Waals surface area contributed by atoms with E-state index in [1.54, 1.807) is 61.1 Å². The third-order valence-electron chi connectivity index (χ3n) is 18.0. The van der Waals surface area contributed by atoms with Crippen LogP contribution in [0.3, 0.4) is 0 Å². The van der Waals surface area contributed by atoms with E-state index in [9.17, 15) is 32.3 Å². The molecule has 9 aromatic rings. The molecule has 0 amide bonds. The fourth-order valence-corrected chi connectivity index (χ4v) is 13.4. The first-order chi connectivity index (χ1) is 51.5. The summed E-state index contributed by atoms with van der Waals surface area (Å²) in [6.07, 6.45) is 15.2. The van der Waals surface area contributed by atoms with Gasteiger partial charge < -0.3 is 42.1 Å². The van der Waals surface area contributed by atoms with Crippen LogP contribution in [0.15, 0.2) is 170 Å². The van der Waals surface area contributed by atoms with Crippen molar-refractivity contribution in [2.24, 2.45) is 17.6 Å². The van der Waals surface area contributed by atoms with E-state index >= 15 is 0 Å². The monoisotopic (exact) mass is 1480 g/mol. The summed E-state index contributed by atoms with van der Waals surface area (Å²) in [7, 11) is 0. The first kappa shape index (κ1) is 80.4. The Balaban J connectivity index is 0.000000385. The number of benzene rings is 1. The van der Waals surface area contributed by atoms with Gasteiger partial charge in [0.1, 0.15) is 46.0 Å². The van der Waals surface area contributed by atoms with Gasteiger partial charge >= 0.3 is 6.18 Å². The molecule has 568 valence electrons. The number of anilines is 4. The Labute approximate surface area is 638 Å². The molecule has 1 aromatic carbocycles. The molecule has 3 aliphatic rings. The summed E-state index contributed by atoms with van der Waals surface area (Å²) in [5.74, 6) is 5.40. The van der Waals surface area contributed by atoms with Crippen molar-refractivity contribution < 1.29 is 40.9 Å². The minimum atomic E-state index is -4.70. The average molecular weight is 1480 g/mol. The van der Waals surface area contributed by atoms with E-state index in [0.29, 0.717) is 86.9 Å². The van der Waals surface area contributed by atoms with Gasteiger partial charge in [0.2, 0.25) is 23.1 Å². The van der Waals surface area contributed by atoms with Crippen LogP contribution >= 0.6 is 11.8 Å². The van der Waals surface area contributed by atoms with E-state index in [4.69, 9.17) is 32.8 Å². The van der Waals surface area contributed by atoms with Crippen LogP contribution in [0, 0.1) is 45.0 Å². The molecule has 3 saturated heterocycles. The number of hydrogen-bond acceptors (Lipinski definition) is 21. The van der Waals surface area contributed by atoms with Crippen LogP contribution in [0.1, 0.15) is 171 Å². The van der Waals surface area contributed by atoms with E-state index in [1.165, 1.54) is 41.7 Å². The Bertz CT molecular complexity index is 4680. The number of carbonyl (C=O) groups is 4. The lowest BCUT2D eigenvalue weighted by atomic mass is 10.0. The summed E-state index contributed by atoms with van der Waals surface area (Å²) in [6.45, 7) is 28.5. The number of aromatic nitrogens is 8. The Morgan fingerprint density at radius 2 is 1.05 bits per heavy atom. The number of nitrogens with one attached hydrogen (secondary N) is 3. The maximum absolute atomic E-state index is 13.2. The molecule has 3 atom stereocenters. The van der Waals surface area contributed by atoms with Crippen LogP contribution in [0.4, 0.5) is 36.4 Å². The largest absolute Gasteiger partial charge is 0.418 e. The number of aryl methyl sites for hydroxylation is 3. The highest BCUT2D eigenvalue weighted by molar-refractivity contribution is 7.99. The zero-order chi connectivity index (χ0) is 76.7. The fourth-order valence-electron chi connectivity index (χ4n) is 12.8. The molecule has 8 aromatic heterocycles. The smallest absolute Gasteiger partial charge is 0.383 e. The molecule has 0 saturated carbocycles.